The van der Waals surface area contributed by atoms with Crippen LogP contribution in [0.1, 0.15) is 11.6 Å². The highest BCUT2D eigenvalue weighted by Crippen LogP contribution is 2.25. The average Bonchev–Trinajstić information content (AvgIpc) is 2.61. The van der Waals surface area contributed by atoms with Crippen LogP contribution in [-0.2, 0) is 4.79 Å². The first kappa shape index (κ1) is 18.7. The van der Waals surface area contributed by atoms with Crippen LogP contribution in [0, 0.1) is 5.82 Å². The van der Waals surface area contributed by atoms with Crippen LogP contribution in [0.2, 0.25) is 0 Å². The fourth-order valence-corrected chi connectivity index (χ4v) is 2.43. The zero-order valence-electron chi connectivity index (χ0n) is 14.7. The summed E-state index contributed by atoms with van der Waals surface area (Å²) in [5, 5.41) is 2.84. The standard InChI is InChI=1S/C19H23FN2O3/c1-22(2)16(14-8-10-15(20)11-9-14)12-21-19(23)13-25-18-7-5-4-6-17(18)24-3/h4-11,16H,12-13H2,1-3H3,(H,21,23). The second-order valence-corrected chi connectivity index (χ2v) is 5.77. The summed E-state index contributed by atoms with van der Waals surface area (Å²) in [6.45, 7) is 0.288. The van der Waals surface area contributed by atoms with Gasteiger partial charge in [-0.15, -0.1) is 0 Å². The fraction of sp³-hybridized carbons (Fsp3) is 0.316. The number of likely N-dealkylation sites (N-methyl/N-ethyl adjacent to an activating group) is 1. The van der Waals surface area contributed by atoms with Crippen LogP contribution in [0.3, 0.4) is 0 Å². The minimum absolute atomic E-state index is 0.0594. The van der Waals surface area contributed by atoms with Crippen molar-refractivity contribution >= 4 is 5.91 Å². The summed E-state index contributed by atoms with van der Waals surface area (Å²) in [6.07, 6.45) is 0. The largest absolute Gasteiger partial charge is 0.493 e. The molecule has 1 N–H and O–H groups in total. The van der Waals surface area contributed by atoms with E-state index in [0.29, 0.717) is 18.0 Å². The summed E-state index contributed by atoms with van der Waals surface area (Å²) in [6, 6.07) is 13.4. The molecular formula is C19H23FN2O3. The molecule has 0 bridgehead atoms. The Morgan fingerprint density at radius 1 is 1.12 bits per heavy atom. The molecule has 0 aromatic heterocycles. The zero-order valence-corrected chi connectivity index (χ0v) is 14.7. The maximum atomic E-state index is 13.1. The molecule has 134 valence electrons. The minimum Gasteiger partial charge on any atom is -0.493 e. The van der Waals surface area contributed by atoms with E-state index in [-0.39, 0.29) is 24.4 Å². The normalized spacial score (nSPS) is 11.9. The molecule has 0 radical (unpaired) electrons. The Hall–Kier alpha value is -2.60. The molecule has 2 aromatic rings. The number of benzene rings is 2. The second-order valence-electron chi connectivity index (χ2n) is 5.77. The van der Waals surface area contributed by atoms with Gasteiger partial charge >= 0.3 is 0 Å². The quantitative estimate of drug-likeness (QED) is 0.798. The smallest absolute Gasteiger partial charge is 0.258 e. The second kappa shape index (κ2) is 9.03. The molecule has 0 aliphatic carbocycles. The molecule has 2 rings (SSSR count). The summed E-state index contributed by atoms with van der Waals surface area (Å²) in [4.78, 5) is 14.0. The molecule has 0 aliphatic rings. The maximum Gasteiger partial charge on any atom is 0.258 e. The number of para-hydroxylation sites is 2. The van der Waals surface area contributed by atoms with Gasteiger partial charge in [0.25, 0.3) is 5.91 Å². The van der Waals surface area contributed by atoms with Crippen molar-refractivity contribution in [3.05, 3.63) is 59.9 Å². The third-order valence-electron chi connectivity index (χ3n) is 3.80. The first-order valence-electron chi connectivity index (χ1n) is 7.95. The van der Waals surface area contributed by atoms with Gasteiger partial charge in [-0.25, -0.2) is 4.39 Å². The number of rotatable bonds is 8. The van der Waals surface area contributed by atoms with Gasteiger partial charge < -0.3 is 19.7 Å². The number of methoxy groups -OCH3 is 1. The molecule has 6 heteroatoms. The number of nitrogens with zero attached hydrogens (tertiary/aromatic N) is 1. The van der Waals surface area contributed by atoms with E-state index in [1.54, 1.807) is 31.4 Å². The van der Waals surface area contributed by atoms with E-state index >= 15 is 0 Å². The molecule has 0 spiro atoms. The SMILES string of the molecule is COc1ccccc1OCC(=O)NCC(c1ccc(F)cc1)N(C)C. The Morgan fingerprint density at radius 3 is 2.36 bits per heavy atom. The fourth-order valence-electron chi connectivity index (χ4n) is 2.43. The van der Waals surface area contributed by atoms with Gasteiger partial charge in [-0.1, -0.05) is 24.3 Å². The zero-order chi connectivity index (χ0) is 18.2. The van der Waals surface area contributed by atoms with Crippen molar-refractivity contribution < 1.29 is 18.7 Å². The number of amides is 1. The van der Waals surface area contributed by atoms with Crippen LogP contribution in [0.25, 0.3) is 0 Å². The van der Waals surface area contributed by atoms with E-state index in [4.69, 9.17) is 9.47 Å². The van der Waals surface area contributed by atoms with Crippen molar-refractivity contribution in [2.24, 2.45) is 0 Å². The van der Waals surface area contributed by atoms with Crippen molar-refractivity contribution in [3.63, 3.8) is 0 Å². The lowest BCUT2D eigenvalue weighted by Gasteiger charge is -2.25. The average molecular weight is 346 g/mol. The van der Waals surface area contributed by atoms with Crippen molar-refractivity contribution in [2.45, 2.75) is 6.04 Å². The molecule has 0 saturated carbocycles. The molecule has 5 nitrogen and oxygen atoms in total. The number of halogens is 1. The molecule has 1 amide bonds. The summed E-state index contributed by atoms with van der Waals surface area (Å²) < 4.78 is 23.8. The predicted octanol–water partition coefficient (Wildman–Crippen LogP) is 2.63. The highest BCUT2D eigenvalue weighted by atomic mass is 19.1. The van der Waals surface area contributed by atoms with Crippen molar-refractivity contribution in [1.29, 1.82) is 0 Å². The lowest BCUT2D eigenvalue weighted by atomic mass is 10.1. The maximum absolute atomic E-state index is 13.1. The van der Waals surface area contributed by atoms with Gasteiger partial charge in [-0.2, -0.15) is 0 Å². The van der Waals surface area contributed by atoms with Crippen LogP contribution >= 0.6 is 0 Å². The monoisotopic (exact) mass is 346 g/mol. The number of carbonyl (C=O) groups excluding carboxylic acids is 1. The molecule has 1 atom stereocenters. The Labute approximate surface area is 147 Å². The van der Waals surface area contributed by atoms with Crippen molar-refractivity contribution in [3.8, 4) is 11.5 Å². The first-order valence-corrected chi connectivity index (χ1v) is 7.95. The van der Waals surface area contributed by atoms with Crippen molar-refractivity contribution in [2.75, 3.05) is 34.4 Å². The van der Waals surface area contributed by atoms with E-state index in [2.05, 4.69) is 5.32 Å². The molecule has 0 aliphatic heterocycles. The molecule has 2 aromatic carbocycles. The van der Waals surface area contributed by atoms with E-state index in [1.165, 1.54) is 12.1 Å². The highest BCUT2D eigenvalue weighted by Gasteiger charge is 2.16. The van der Waals surface area contributed by atoms with Gasteiger partial charge in [0.15, 0.2) is 18.1 Å². The number of ether oxygens (including phenoxy) is 2. The Balaban J connectivity index is 1.89. The summed E-state index contributed by atoms with van der Waals surface area (Å²) >= 11 is 0. The lowest BCUT2D eigenvalue weighted by Crippen LogP contribution is -2.36. The highest BCUT2D eigenvalue weighted by molar-refractivity contribution is 5.77. The topological polar surface area (TPSA) is 50.8 Å². The van der Waals surface area contributed by atoms with E-state index < -0.39 is 0 Å². The molecule has 0 saturated heterocycles. The van der Waals surface area contributed by atoms with Gasteiger partial charge in [-0.3, -0.25) is 4.79 Å². The Morgan fingerprint density at radius 2 is 1.76 bits per heavy atom. The summed E-state index contributed by atoms with van der Waals surface area (Å²) in [5.41, 5.74) is 0.928. The van der Waals surface area contributed by atoms with Gasteiger partial charge in [0.1, 0.15) is 5.82 Å². The Bertz CT molecular complexity index is 689. The van der Waals surface area contributed by atoms with Crippen LogP contribution in [-0.4, -0.2) is 45.2 Å². The van der Waals surface area contributed by atoms with Gasteiger partial charge in [0.2, 0.25) is 0 Å². The van der Waals surface area contributed by atoms with E-state index in [9.17, 15) is 9.18 Å². The van der Waals surface area contributed by atoms with E-state index in [1.807, 2.05) is 31.1 Å². The number of hydrogen-bond acceptors (Lipinski definition) is 4. The first-order chi connectivity index (χ1) is 12.0. The van der Waals surface area contributed by atoms with Crippen LogP contribution in [0.4, 0.5) is 4.39 Å². The van der Waals surface area contributed by atoms with Gasteiger partial charge in [-0.05, 0) is 43.9 Å². The third kappa shape index (κ3) is 5.46. The van der Waals surface area contributed by atoms with Gasteiger partial charge in [0, 0.05) is 6.54 Å². The minimum atomic E-state index is -0.282. The lowest BCUT2D eigenvalue weighted by molar-refractivity contribution is -0.123. The van der Waals surface area contributed by atoms with Crippen LogP contribution in [0.5, 0.6) is 11.5 Å². The van der Waals surface area contributed by atoms with Crippen LogP contribution < -0.4 is 14.8 Å². The van der Waals surface area contributed by atoms with Gasteiger partial charge in [0.05, 0.1) is 13.2 Å². The van der Waals surface area contributed by atoms with E-state index in [0.717, 1.165) is 5.56 Å². The number of hydrogen-bond donors (Lipinski definition) is 1. The molecular weight excluding hydrogens is 323 g/mol. The number of nitrogens with one attached hydrogen (secondary N) is 1. The summed E-state index contributed by atoms with van der Waals surface area (Å²) in [7, 11) is 5.36. The predicted molar refractivity (Wildman–Crippen MR) is 94.3 cm³/mol. The summed E-state index contributed by atoms with van der Waals surface area (Å²) in [5.74, 6) is 0.575. The molecule has 0 fully saturated rings. The Kier molecular flexibility index (Phi) is 6.77. The molecule has 0 heterocycles. The third-order valence-corrected chi connectivity index (χ3v) is 3.80. The molecule has 1 unspecified atom stereocenters. The molecule has 25 heavy (non-hydrogen) atoms. The number of carbonyl (C=O) groups is 1. The van der Waals surface area contributed by atoms with Crippen LogP contribution in [0.15, 0.2) is 48.5 Å². The van der Waals surface area contributed by atoms with Crippen molar-refractivity contribution in [1.82, 2.24) is 10.2 Å².